The van der Waals surface area contributed by atoms with Crippen molar-refractivity contribution in [2.45, 2.75) is 82.6 Å². The Morgan fingerprint density at radius 3 is 2.51 bits per heavy atom. The van der Waals surface area contributed by atoms with Crippen LogP contribution in [0.15, 0.2) is 23.0 Å². The summed E-state index contributed by atoms with van der Waals surface area (Å²) in [5, 5.41) is 12.1. The molecule has 0 amide bonds. The molecule has 8 rings (SSSR count). The van der Waals surface area contributed by atoms with E-state index in [1.807, 2.05) is 20.8 Å². The second-order valence-corrected chi connectivity index (χ2v) is 13.5. The van der Waals surface area contributed by atoms with E-state index in [4.69, 9.17) is 23.4 Å². The normalized spacial score (nSPS) is 56.3. The molecule has 1 aromatic heterocycles. The first-order valence-corrected chi connectivity index (χ1v) is 13.4. The number of ketones is 1. The highest BCUT2D eigenvalue weighted by atomic mass is 16.7. The van der Waals surface area contributed by atoms with Crippen LogP contribution in [-0.4, -0.2) is 58.9 Å². The van der Waals surface area contributed by atoms with Gasteiger partial charge in [0.2, 0.25) is 0 Å². The quantitative estimate of drug-likeness (QED) is 0.446. The predicted molar refractivity (Wildman–Crippen MR) is 123 cm³/mol. The first-order valence-electron chi connectivity index (χ1n) is 13.4. The number of ether oxygens (including phenoxy) is 4. The summed E-state index contributed by atoms with van der Waals surface area (Å²) in [4.78, 5) is 40.7. The summed E-state index contributed by atoms with van der Waals surface area (Å²) in [5.41, 5.74) is -3.91. The van der Waals surface area contributed by atoms with Crippen LogP contribution in [-0.2, 0) is 33.3 Å². The second-order valence-electron chi connectivity index (χ2n) is 13.5. The molecule has 1 aromatic rings. The summed E-state index contributed by atoms with van der Waals surface area (Å²) in [6.45, 7) is 7.84. The third kappa shape index (κ3) is 2.12. The lowest BCUT2D eigenvalue weighted by Crippen LogP contribution is -2.77. The average molecular weight is 513 g/mol. The number of furan rings is 1. The van der Waals surface area contributed by atoms with E-state index in [0.29, 0.717) is 12.8 Å². The number of rotatable bonds is 1. The number of aliphatic hydroxyl groups excluding tert-OH is 1. The number of esters is 2. The second kappa shape index (κ2) is 6.32. The molecule has 4 aliphatic heterocycles. The van der Waals surface area contributed by atoms with Crippen molar-refractivity contribution in [2.75, 3.05) is 6.61 Å². The van der Waals surface area contributed by atoms with Gasteiger partial charge < -0.3 is 28.5 Å². The summed E-state index contributed by atoms with van der Waals surface area (Å²) in [6, 6.07) is 1.79. The zero-order valence-electron chi connectivity index (χ0n) is 21.4. The summed E-state index contributed by atoms with van der Waals surface area (Å²) in [7, 11) is 0. The van der Waals surface area contributed by atoms with Gasteiger partial charge in [-0.2, -0.15) is 0 Å². The Hall–Kier alpha value is -2.23. The highest BCUT2D eigenvalue weighted by Crippen LogP contribution is 2.82. The fraction of sp³-hybridized carbons (Fsp3) is 0.750. The number of hydrogen-bond acceptors (Lipinski definition) is 9. The molecule has 37 heavy (non-hydrogen) atoms. The van der Waals surface area contributed by atoms with Crippen LogP contribution in [0.4, 0.5) is 0 Å². The lowest BCUT2D eigenvalue weighted by Gasteiger charge is -2.68. The van der Waals surface area contributed by atoms with Gasteiger partial charge in [-0.3, -0.25) is 9.59 Å². The fourth-order valence-electron chi connectivity index (χ4n) is 11.0. The van der Waals surface area contributed by atoms with Crippen molar-refractivity contribution >= 4 is 17.7 Å². The molecule has 12 unspecified atom stereocenters. The van der Waals surface area contributed by atoms with Gasteiger partial charge in [0.15, 0.2) is 11.9 Å². The maximum absolute atomic E-state index is 14.3. The highest BCUT2D eigenvalue weighted by molar-refractivity contribution is 5.92. The van der Waals surface area contributed by atoms with E-state index in [9.17, 15) is 19.5 Å². The van der Waals surface area contributed by atoms with Gasteiger partial charge in [-0.05, 0) is 51.0 Å². The Morgan fingerprint density at radius 2 is 1.78 bits per heavy atom. The van der Waals surface area contributed by atoms with Crippen molar-refractivity contribution in [3.05, 3.63) is 24.2 Å². The van der Waals surface area contributed by atoms with E-state index in [0.717, 1.165) is 12.0 Å². The highest BCUT2D eigenvalue weighted by Gasteiger charge is 2.92. The third-order valence-corrected chi connectivity index (χ3v) is 11.8. The molecule has 3 aliphatic carbocycles. The standard InChI is InChI=1S/C28H32O9/c1-24(2)17-15(29)18(30)26(4)16-12(5-6-14-20(36-24)27(16,17)11-34-22(14)31)9-25(3)19(13-7-8-33-10-13)35-23(32)21-28(25,26)37-21/h7-8,10,12,14,16-21,30H,5-6,9,11H2,1-4H3. The maximum Gasteiger partial charge on any atom is 0.339 e. The molecule has 12 atom stereocenters. The van der Waals surface area contributed by atoms with E-state index in [2.05, 4.69) is 6.92 Å². The Morgan fingerprint density at radius 1 is 1.00 bits per heavy atom. The number of cyclic esters (lactones) is 2. The Kier molecular flexibility index (Phi) is 3.88. The van der Waals surface area contributed by atoms with Crippen LogP contribution in [0, 0.1) is 39.9 Å². The van der Waals surface area contributed by atoms with Crippen LogP contribution >= 0.6 is 0 Å². The molecule has 9 nitrogen and oxygen atoms in total. The SMILES string of the molecule is CC1(C)OC2C3CCC4CC5(C)C(c6ccoc6)OC(=O)C6OC65C5(C)C(O)C(=O)C1C2(COC3=O)C45. The lowest BCUT2D eigenvalue weighted by molar-refractivity contribution is -0.266. The van der Waals surface area contributed by atoms with Crippen molar-refractivity contribution in [2.24, 2.45) is 39.9 Å². The van der Waals surface area contributed by atoms with Crippen LogP contribution < -0.4 is 0 Å². The first-order chi connectivity index (χ1) is 17.4. The Labute approximate surface area is 214 Å². The summed E-state index contributed by atoms with van der Waals surface area (Å²) in [5.74, 6) is -2.39. The molecule has 4 saturated heterocycles. The molecule has 3 saturated carbocycles. The smallest absolute Gasteiger partial charge is 0.339 e. The zero-order chi connectivity index (χ0) is 25.9. The van der Waals surface area contributed by atoms with Crippen molar-refractivity contribution in [1.82, 2.24) is 0 Å². The monoisotopic (exact) mass is 512 g/mol. The van der Waals surface area contributed by atoms with E-state index in [1.54, 1.807) is 18.6 Å². The molecular formula is C28H32O9. The van der Waals surface area contributed by atoms with Crippen LogP contribution in [0.25, 0.3) is 0 Å². The van der Waals surface area contributed by atoms with Gasteiger partial charge in [-0.25, -0.2) is 4.79 Å². The number of carbonyl (C=O) groups excluding carboxylic acids is 3. The van der Waals surface area contributed by atoms with Crippen molar-refractivity contribution in [1.29, 1.82) is 0 Å². The first kappa shape index (κ1) is 22.7. The lowest BCUT2D eigenvalue weighted by atomic mass is 9.34. The zero-order valence-corrected chi connectivity index (χ0v) is 21.4. The minimum atomic E-state index is -1.37. The van der Waals surface area contributed by atoms with Gasteiger partial charge in [0.25, 0.3) is 0 Å². The van der Waals surface area contributed by atoms with E-state index in [-0.39, 0.29) is 30.2 Å². The molecular weight excluding hydrogens is 480 g/mol. The van der Waals surface area contributed by atoms with E-state index in [1.165, 1.54) is 0 Å². The van der Waals surface area contributed by atoms with Crippen molar-refractivity contribution < 1.29 is 42.9 Å². The van der Waals surface area contributed by atoms with Crippen LogP contribution in [0.3, 0.4) is 0 Å². The summed E-state index contributed by atoms with van der Waals surface area (Å²) >= 11 is 0. The third-order valence-electron chi connectivity index (χ3n) is 11.8. The number of aliphatic hydroxyl groups is 1. The van der Waals surface area contributed by atoms with Gasteiger partial charge in [-0.15, -0.1) is 0 Å². The molecule has 9 heteroatoms. The molecule has 198 valence electrons. The topological polar surface area (TPSA) is 125 Å². The number of hydrogen-bond donors (Lipinski definition) is 1. The van der Waals surface area contributed by atoms with Gasteiger partial charge in [-0.1, -0.05) is 13.8 Å². The summed E-state index contributed by atoms with van der Waals surface area (Å²) in [6.07, 6.45) is 1.70. The number of Topliss-reactive ketones (excluding diaryl/α,β-unsaturated/α-hetero) is 1. The fourth-order valence-corrected chi connectivity index (χ4v) is 11.0. The Balaban J connectivity index is 1.40. The molecule has 7 fully saturated rings. The molecule has 1 N–H and O–H groups in total. The van der Waals surface area contributed by atoms with Gasteiger partial charge in [0, 0.05) is 21.8 Å². The van der Waals surface area contributed by atoms with Gasteiger partial charge in [0.05, 0.1) is 36.1 Å². The molecule has 5 heterocycles. The van der Waals surface area contributed by atoms with Crippen LogP contribution in [0.2, 0.25) is 0 Å². The van der Waals surface area contributed by atoms with Crippen molar-refractivity contribution in [3.8, 4) is 0 Å². The maximum atomic E-state index is 14.3. The minimum absolute atomic E-state index is 0.0291. The molecule has 7 aliphatic rings. The predicted octanol–water partition coefficient (Wildman–Crippen LogP) is 2.35. The number of carbonyl (C=O) groups is 3. The molecule has 2 spiro atoms. The number of epoxide rings is 1. The summed E-state index contributed by atoms with van der Waals surface area (Å²) < 4.78 is 30.3. The Bertz CT molecular complexity index is 1250. The van der Waals surface area contributed by atoms with Crippen LogP contribution in [0.1, 0.15) is 58.6 Å². The molecule has 2 bridgehead atoms. The minimum Gasteiger partial charge on any atom is -0.472 e. The van der Waals surface area contributed by atoms with Crippen LogP contribution in [0.5, 0.6) is 0 Å². The molecule has 0 radical (unpaired) electrons. The van der Waals surface area contributed by atoms with Crippen molar-refractivity contribution in [3.63, 3.8) is 0 Å². The van der Waals surface area contributed by atoms with Gasteiger partial charge in [0.1, 0.15) is 24.4 Å². The van der Waals surface area contributed by atoms with E-state index >= 15 is 0 Å². The largest absolute Gasteiger partial charge is 0.472 e. The van der Waals surface area contributed by atoms with E-state index < -0.39 is 69.7 Å². The molecule has 0 aromatic carbocycles. The average Bonchev–Trinajstić information content (AvgIpc) is 3.34. The van der Waals surface area contributed by atoms with Gasteiger partial charge >= 0.3 is 11.9 Å².